The summed E-state index contributed by atoms with van der Waals surface area (Å²) in [5, 5.41) is 6.98. The van der Waals surface area contributed by atoms with E-state index in [1.165, 1.54) is 53.9 Å². The maximum atomic E-state index is 6.05. The monoisotopic (exact) mass is 1130 g/mol. The van der Waals surface area contributed by atoms with Crippen LogP contribution in [-0.2, 0) is 30.9 Å². The largest absolute Gasteiger partial charge is 0 e. The fraction of sp³-hybridized carbons (Fsp3) is 0.197. The van der Waals surface area contributed by atoms with Gasteiger partial charge in [0, 0.05) is 25.8 Å². The van der Waals surface area contributed by atoms with Gasteiger partial charge in [0.2, 0.25) is 0 Å². The quantitative estimate of drug-likeness (QED) is 0.0979. The number of benzene rings is 7. The molecule has 0 amide bonds. The van der Waals surface area contributed by atoms with Gasteiger partial charge in [-0.25, -0.2) is 0 Å². The molecule has 341 valence electrons. The van der Waals surface area contributed by atoms with Crippen LogP contribution in [0, 0.1) is 19.1 Å². The first-order valence-corrected chi connectivity index (χ1v) is 30.6. The van der Waals surface area contributed by atoms with E-state index in [1.54, 1.807) is 0 Å². The second-order valence-electron chi connectivity index (χ2n) is 20.9. The molecule has 0 unspecified atom stereocenters. The number of fused-ring (bicyclic) bond motifs is 7. The van der Waals surface area contributed by atoms with E-state index in [2.05, 4.69) is 219 Å². The third-order valence-electron chi connectivity index (χ3n) is 12.9. The van der Waals surface area contributed by atoms with Gasteiger partial charge < -0.3 is 4.57 Å². The second-order valence-corrected chi connectivity index (χ2v) is 31.5. The maximum absolute atomic E-state index is 6.05. The number of hydrogen-bond acceptors (Lipinski definition) is 4. The summed E-state index contributed by atoms with van der Waals surface area (Å²) < 4.78 is 9.85. The molecule has 0 saturated carbocycles. The minimum Gasteiger partial charge on any atom is 0 e. The van der Waals surface area contributed by atoms with Gasteiger partial charge in [-0.1, -0.05) is 131 Å². The fourth-order valence-corrected chi connectivity index (χ4v) is 11.4. The van der Waals surface area contributed by atoms with Crippen LogP contribution in [-0.4, -0.2) is 32.8 Å². The number of aryl methyl sites for hydroxylation is 1. The molecular formula is C61H56GeIrN4O-2. The van der Waals surface area contributed by atoms with Crippen LogP contribution in [0.1, 0.15) is 58.4 Å². The molecule has 0 atom stereocenters. The molecule has 0 spiro atoms. The van der Waals surface area contributed by atoms with E-state index in [4.69, 9.17) is 9.40 Å². The van der Waals surface area contributed by atoms with Crippen molar-refractivity contribution >= 4 is 72.3 Å². The van der Waals surface area contributed by atoms with E-state index in [-0.39, 0.29) is 30.9 Å². The standard InChI is InChI=1S/C41H37N2.C20H19GeN2O.Ir/c1-40(2,3)34-25-31(27-14-8-7-9-15-27)26-35(41(4,5)6)38(34)43-37-19-13-12-18-36(37)42-39(43)30-23-22-29-21-20-28-16-10-11-17-32(28)33(29)24-30;1-13-8-10-16-15-6-5-7-17(19(15)24-20(16)23-13)18-11-9-14(12-22-18)21(2,3)4;/h7-22,24-26H,1-6H3;5-6,8-12H,1-4H3;/q2*-1;. The van der Waals surface area contributed by atoms with Crippen LogP contribution in [0.5, 0.6) is 0 Å². The number of rotatable bonds is 5. The summed E-state index contributed by atoms with van der Waals surface area (Å²) in [4.78, 5) is 14.5. The van der Waals surface area contributed by atoms with Gasteiger partial charge in [0.25, 0.3) is 0 Å². The van der Waals surface area contributed by atoms with Crippen LogP contribution in [0.3, 0.4) is 0 Å². The van der Waals surface area contributed by atoms with Crippen molar-refractivity contribution in [3.05, 3.63) is 187 Å². The van der Waals surface area contributed by atoms with Crippen LogP contribution >= 0.6 is 0 Å². The number of para-hydroxylation sites is 2. The molecule has 0 aliphatic heterocycles. The van der Waals surface area contributed by atoms with E-state index in [1.807, 2.05) is 31.3 Å². The normalized spacial score (nSPS) is 12.1. The summed E-state index contributed by atoms with van der Waals surface area (Å²) >= 11 is -1.85. The Balaban J connectivity index is 0.000000196. The molecule has 1 radical (unpaired) electrons. The van der Waals surface area contributed by atoms with Crippen LogP contribution in [0.4, 0.5) is 0 Å². The van der Waals surface area contributed by atoms with Crippen molar-refractivity contribution in [3.63, 3.8) is 0 Å². The minimum absolute atomic E-state index is 0. The molecule has 0 N–H and O–H groups in total. The first-order valence-electron chi connectivity index (χ1n) is 23.3. The minimum atomic E-state index is -1.85. The SMILES string of the molecule is CC(C)(C)c1cc(-c2ccccc2)cc(C(C)(C)C)c1-n1c(-c2[c-]cc3ccc4ccccc4c3c2)nc2ccccc21.Cc1ccc2c(n1)oc1c(-c3cc[c]([Ge]([CH3])([CH3])[CH3])cn3)[c-]ccc12.[Ir]. The van der Waals surface area contributed by atoms with E-state index >= 15 is 0 Å². The van der Waals surface area contributed by atoms with E-state index in [0.29, 0.717) is 5.71 Å². The number of nitrogens with zero attached hydrogens (tertiary/aromatic N) is 4. The fourth-order valence-electron chi connectivity index (χ4n) is 9.21. The number of pyridine rings is 2. The molecule has 0 saturated heterocycles. The summed E-state index contributed by atoms with van der Waals surface area (Å²) in [5.41, 5.74) is 13.4. The number of imidazole rings is 1. The maximum Gasteiger partial charge on any atom is 0 e. The first-order chi connectivity index (χ1) is 32.0. The number of aromatic nitrogens is 4. The van der Waals surface area contributed by atoms with Gasteiger partial charge in [-0.15, -0.1) is 23.8 Å². The average molecular weight is 1130 g/mol. The molecular weight excluding hydrogens is 1070 g/mol. The van der Waals surface area contributed by atoms with Crippen molar-refractivity contribution in [2.45, 2.75) is 76.6 Å². The molecule has 68 heavy (non-hydrogen) atoms. The molecule has 11 aromatic rings. The molecule has 7 heteroatoms. The van der Waals surface area contributed by atoms with Gasteiger partial charge in [0.1, 0.15) is 0 Å². The zero-order valence-corrected chi connectivity index (χ0v) is 45.0. The van der Waals surface area contributed by atoms with Gasteiger partial charge in [-0.2, -0.15) is 0 Å². The Labute approximate surface area is 416 Å². The van der Waals surface area contributed by atoms with Crippen molar-refractivity contribution in [1.29, 1.82) is 0 Å². The molecule has 7 aromatic carbocycles. The molecule has 11 rings (SSSR count). The molecule has 0 aliphatic rings. The third-order valence-corrected chi connectivity index (χ3v) is 17.1. The summed E-state index contributed by atoms with van der Waals surface area (Å²) in [6.07, 6.45) is 2.02. The van der Waals surface area contributed by atoms with E-state index in [0.717, 1.165) is 55.7 Å². The Morgan fingerprint density at radius 3 is 2.00 bits per heavy atom. The van der Waals surface area contributed by atoms with Gasteiger partial charge in [0.05, 0.1) is 16.9 Å². The molecule has 0 bridgehead atoms. The molecule has 5 nitrogen and oxygen atoms in total. The molecule has 4 aromatic heterocycles. The Morgan fingerprint density at radius 1 is 0.603 bits per heavy atom. The van der Waals surface area contributed by atoms with Crippen LogP contribution in [0.25, 0.3) is 94.1 Å². The molecule has 0 aliphatic carbocycles. The van der Waals surface area contributed by atoms with E-state index in [9.17, 15) is 0 Å². The predicted molar refractivity (Wildman–Crippen MR) is 284 cm³/mol. The number of hydrogen-bond donors (Lipinski definition) is 0. The Kier molecular flexibility index (Phi) is 12.5. The Bertz CT molecular complexity index is 3610. The summed E-state index contributed by atoms with van der Waals surface area (Å²) in [7, 11) is 0. The smallest absolute Gasteiger partial charge is 0 e. The molecule has 0 fully saturated rings. The van der Waals surface area contributed by atoms with Crippen molar-refractivity contribution in [3.8, 4) is 39.5 Å². The van der Waals surface area contributed by atoms with Crippen molar-refractivity contribution in [2.75, 3.05) is 0 Å². The number of furan rings is 1. The predicted octanol–water partition coefficient (Wildman–Crippen LogP) is 15.8. The molecule has 4 heterocycles. The average Bonchev–Trinajstić information content (AvgIpc) is 3.89. The van der Waals surface area contributed by atoms with Gasteiger partial charge >= 0.3 is 144 Å². The summed E-state index contributed by atoms with van der Waals surface area (Å²) in [6.45, 7) is 15.9. The van der Waals surface area contributed by atoms with Crippen LogP contribution in [0.2, 0.25) is 17.3 Å². The third kappa shape index (κ3) is 8.86. The second kappa shape index (κ2) is 18.0. The first kappa shape index (κ1) is 46.9. The zero-order valence-electron chi connectivity index (χ0n) is 40.5. The van der Waals surface area contributed by atoms with Crippen LogP contribution in [0.15, 0.2) is 162 Å². The van der Waals surface area contributed by atoms with E-state index < -0.39 is 13.3 Å². The van der Waals surface area contributed by atoms with Gasteiger partial charge in [-0.05, 0) is 68.1 Å². The van der Waals surface area contributed by atoms with Crippen molar-refractivity contribution in [1.82, 2.24) is 19.5 Å². The summed E-state index contributed by atoms with van der Waals surface area (Å²) in [6, 6.07) is 60.7. The van der Waals surface area contributed by atoms with Crippen molar-refractivity contribution in [2.24, 2.45) is 0 Å². The Morgan fingerprint density at radius 2 is 1.29 bits per heavy atom. The van der Waals surface area contributed by atoms with Gasteiger partial charge in [-0.3, -0.25) is 4.98 Å². The zero-order chi connectivity index (χ0) is 46.8. The Hall–Kier alpha value is -6.18. The van der Waals surface area contributed by atoms with Crippen LogP contribution < -0.4 is 4.40 Å². The van der Waals surface area contributed by atoms with Crippen molar-refractivity contribution < 1.29 is 24.5 Å². The van der Waals surface area contributed by atoms with Gasteiger partial charge in [0.15, 0.2) is 0 Å². The topological polar surface area (TPSA) is 56.7 Å². The summed E-state index contributed by atoms with van der Waals surface area (Å²) in [5.74, 6) is 8.03.